The second-order valence-electron chi connectivity index (χ2n) is 2.89. The number of carbonyl (C=O) groups excluding carboxylic acids is 1. The molecule has 1 aromatic carbocycles. The van der Waals surface area contributed by atoms with Gasteiger partial charge in [0.25, 0.3) is 0 Å². The fraction of sp³-hybridized carbons (Fsp3) is 0.300. The van der Waals surface area contributed by atoms with Crippen molar-refractivity contribution >= 4 is 5.97 Å². The molecule has 1 aromatic rings. The molecule has 0 spiro atoms. The van der Waals surface area contributed by atoms with Crippen molar-refractivity contribution in [2.45, 2.75) is 20.5 Å². The number of benzene rings is 1. The van der Waals surface area contributed by atoms with Crippen LogP contribution in [-0.4, -0.2) is 11.1 Å². The minimum absolute atomic E-state index is 0.226. The molecule has 13 heavy (non-hydrogen) atoms. The highest BCUT2D eigenvalue weighted by molar-refractivity contribution is 5.65. The van der Waals surface area contributed by atoms with Crippen molar-refractivity contribution in [2.24, 2.45) is 0 Å². The van der Waals surface area contributed by atoms with Gasteiger partial charge < -0.3 is 9.84 Å². The van der Waals surface area contributed by atoms with Gasteiger partial charge in [-0.3, -0.25) is 4.79 Å². The lowest BCUT2D eigenvalue weighted by Crippen LogP contribution is -2.00. The summed E-state index contributed by atoms with van der Waals surface area (Å²) in [5, 5.41) is 9.11. The molecule has 0 atom stereocenters. The highest BCUT2D eigenvalue weighted by atomic mass is 16.5. The normalized spacial score (nSPS) is 9.69. The average molecular weight is 180 g/mol. The Kier molecular flexibility index (Phi) is 2.90. The third-order valence-electron chi connectivity index (χ3n) is 1.76. The first kappa shape index (κ1) is 9.58. The maximum absolute atomic E-state index is 10.5. The summed E-state index contributed by atoms with van der Waals surface area (Å²) in [7, 11) is 0. The summed E-state index contributed by atoms with van der Waals surface area (Å²) in [6.45, 7) is 3.50. The summed E-state index contributed by atoms with van der Waals surface area (Å²) in [4.78, 5) is 10.5. The van der Waals surface area contributed by atoms with Gasteiger partial charge in [-0.1, -0.05) is 6.07 Å². The Morgan fingerprint density at radius 1 is 1.54 bits per heavy atom. The first-order chi connectivity index (χ1) is 6.09. The van der Waals surface area contributed by atoms with Crippen LogP contribution >= 0.6 is 0 Å². The van der Waals surface area contributed by atoms with Crippen LogP contribution in [0.25, 0.3) is 0 Å². The van der Waals surface area contributed by atoms with Gasteiger partial charge in [-0.05, 0) is 30.2 Å². The number of aromatic hydroxyl groups is 1. The van der Waals surface area contributed by atoms with Gasteiger partial charge in [0.1, 0.15) is 12.4 Å². The van der Waals surface area contributed by atoms with Gasteiger partial charge in [-0.2, -0.15) is 0 Å². The van der Waals surface area contributed by atoms with Gasteiger partial charge in [0.15, 0.2) is 0 Å². The Morgan fingerprint density at radius 3 is 2.77 bits per heavy atom. The molecule has 0 radical (unpaired) electrons. The van der Waals surface area contributed by atoms with E-state index in [4.69, 9.17) is 9.84 Å². The molecule has 0 amide bonds. The highest BCUT2D eigenvalue weighted by Gasteiger charge is 2.00. The van der Waals surface area contributed by atoms with Crippen molar-refractivity contribution in [3.05, 3.63) is 29.3 Å². The molecule has 0 aliphatic rings. The van der Waals surface area contributed by atoms with E-state index in [2.05, 4.69) is 0 Å². The largest absolute Gasteiger partial charge is 0.508 e. The van der Waals surface area contributed by atoms with E-state index in [1.165, 1.54) is 6.92 Å². The zero-order valence-electron chi connectivity index (χ0n) is 7.70. The lowest BCUT2D eigenvalue weighted by Gasteiger charge is -2.05. The molecule has 0 heterocycles. The highest BCUT2D eigenvalue weighted by Crippen LogP contribution is 2.16. The predicted octanol–water partition coefficient (Wildman–Crippen LogP) is 1.76. The molecule has 0 bridgehead atoms. The molecule has 0 saturated heterocycles. The summed E-state index contributed by atoms with van der Waals surface area (Å²) in [5.41, 5.74) is 1.83. The molecule has 0 saturated carbocycles. The Labute approximate surface area is 77.0 Å². The predicted molar refractivity (Wildman–Crippen MR) is 48.3 cm³/mol. The number of carbonyl (C=O) groups is 1. The van der Waals surface area contributed by atoms with Crippen LogP contribution in [0.3, 0.4) is 0 Å². The van der Waals surface area contributed by atoms with E-state index in [-0.39, 0.29) is 18.3 Å². The first-order valence-electron chi connectivity index (χ1n) is 4.01. The summed E-state index contributed by atoms with van der Waals surface area (Å²) < 4.78 is 4.83. The minimum atomic E-state index is -0.299. The quantitative estimate of drug-likeness (QED) is 0.705. The number of hydrogen-bond acceptors (Lipinski definition) is 3. The molecule has 0 aliphatic carbocycles. The molecule has 3 heteroatoms. The molecule has 1 N–H and O–H groups in total. The number of aryl methyl sites for hydroxylation is 1. The average Bonchev–Trinajstić information content (AvgIpc) is 2.02. The van der Waals surface area contributed by atoms with Crippen LogP contribution in [-0.2, 0) is 16.1 Å². The maximum Gasteiger partial charge on any atom is 0.302 e. The number of rotatable bonds is 2. The van der Waals surface area contributed by atoms with E-state index in [1.54, 1.807) is 18.2 Å². The van der Waals surface area contributed by atoms with Crippen LogP contribution in [0.2, 0.25) is 0 Å². The van der Waals surface area contributed by atoms with Crippen molar-refractivity contribution < 1.29 is 14.6 Å². The van der Waals surface area contributed by atoms with Crippen LogP contribution in [0.5, 0.6) is 5.75 Å². The van der Waals surface area contributed by atoms with E-state index >= 15 is 0 Å². The Hall–Kier alpha value is -1.51. The fourth-order valence-electron chi connectivity index (χ4n) is 1.02. The van der Waals surface area contributed by atoms with Gasteiger partial charge in [0, 0.05) is 6.92 Å². The van der Waals surface area contributed by atoms with Crippen molar-refractivity contribution in [1.82, 2.24) is 0 Å². The van der Waals surface area contributed by atoms with Gasteiger partial charge >= 0.3 is 5.97 Å². The third-order valence-corrected chi connectivity index (χ3v) is 1.76. The van der Waals surface area contributed by atoms with Crippen LogP contribution in [0.1, 0.15) is 18.1 Å². The zero-order chi connectivity index (χ0) is 9.84. The summed E-state index contributed by atoms with van der Waals surface area (Å²) in [6, 6.07) is 4.96. The topological polar surface area (TPSA) is 46.5 Å². The smallest absolute Gasteiger partial charge is 0.302 e. The van der Waals surface area contributed by atoms with Crippen LogP contribution in [0.15, 0.2) is 18.2 Å². The maximum atomic E-state index is 10.5. The van der Waals surface area contributed by atoms with Gasteiger partial charge in [0.05, 0.1) is 0 Å². The monoisotopic (exact) mass is 180 g/mol. The van der Waals surface area contributed by atoms with E-state index in [9.17, 15) is 4.79 Å². The molecule has 0 unspecified atom stereocenters. The van der Waals surface area contributed by atoms with E-state index < -0.39 is 0 Å². The number of ether oxygens (including phenoxy) is 1. The lowest BCUT2D eigenvalue weighted by atomic mass is 10.1. The van der Waals surface area contributed by atoms with Crippen LogP contribution in [0, 0.1) is 6.92 Å². The number of phenols is 1. The molecular weight excluding hydrogens is 168 g/mol. The van der Waals surface area contributed by atoms with E-state index in [0.29, 0.717) is 0 Å². The molecular formula is C10H12O3. The second-order valence-corrected chi connectivity index (χ2v) is 2.89. The molecule has 0 fully saturated rings. The summed E-state index contributed by atoms with van der Waals surface area (Å²) >= 11 is 0. The van der Waals surface area contributed by atoms with Crippen molar-refractivity contribution in [2.75, 3.05) is 0 Å². The Morgan fingerprint density at radius 2 is 2.23 bits per heavy atom. The fourth-order valence-corrected chi connectivity index (χ4v) is 1.02. The molecule has 70 valence electrons. The lowest BCUT2D eigenvalue weighted by molar-refractivity contribution is -0.142. The molecule has 3 nitrogen and oxygen atoms in total. The Bertz CT molecular complexity index is 318. The van der Waals surface area contributed by atoms with Crippen LogP contribution in [0.4, 0.5) is 0 Å². The number of hydrogen-bond donors (Lipinski definition) is 1. The van der Waals surface area contributed by atoms with Crippen molar-refractivity contribution in [3.8, 4) is 5.75 Å². The summed E-state index contributed by atoms with van der Waals surface area (Å²) in [6.07, 6.45) is 0. The van der Waals surface area contributed by atoms with Gasteiger partial charge in [-0.15, -0.1) is 0 Å². The molecule has 0 aliphatic heterocycles. The minimum Gasteiger partial charge on any atom is -0.508 e. The standard InChI is InChI=1S/C10H12O3/c1-7-5-10(12)4-3-9(7)6-13-8(2)11/h3-5,12H,6H2,1-2H3. The zero-order valence-corrected chi connectivity index (χ0v) is 7.70. The molecule has 1 rings (SSSR count). The Balaban J connectivity index is 2.72. The van der Waals surface area contributed by atoms with Gasteiger partial charge in [0.2, 0.25) is 0 Å². The van der Waals surface area contributed by atoms with Crippen molar-refractivity contribution in [3.63, 3.8) is 0 Å². The third kappa shape index (κ3) is 2.78. The molecule has 0 aromatic heterocycles. The number of phenolic OH excluding ortho intramolecular Hbond substituents is 1. The summed E-state index contributed by atoms with van der Waals surface area (Å²) in [5.74, 6) is -0.0726. The van der Waals surface area contributed by atoms with Crippen molar-refractivity contribution in [1.29, 1.82) is 0 Å². The van der Waals surface area contributed by atoms with E-state index in [0.717, 1.165) is 11.1 Å². The SMILES string of the molecule is CC(=O)OCc1ccc(O)cc1C. The first-order valence-corrected chi connectivity index (χ1v) is 4.01. The van der Waals surface area contributed by atoms with Gasteiger partial charge in [-0.25, -0.2) is 0 Å². The van der Waals surface area contributed by atoms with Crippen LogP contribution < -0.4 is 0 Å². The second kappa shape index (κ2) is 3.94. The number of esters is 1. The van der Waals surface area contributed by atoms with E-state index in [1.807, 2.05) is 6.92 Å².